The molecule has 0 saturated heterocycles. The second kappa shape index (κ2) is 6.29. The Balaban J connectivity index is 1.77. The molecule has 2 aromatic carbocycles. The maximum Gasteiger partial charge on any atom is 0.255 e. The Hall–Kier alpha value is -2.32. The zero-order chi connectivity index (χ0) is 17.3. The molecule has 2 N–H and O–H groups in total. The van der Waals surface area contributed by atoms with Crippen LogP contribution in [0, 0.1) is 11.6 Å². The average molecular weight is 352 g/mol. The summed E-state index contributed by atoms with van der Waals surface area (Å²) in [4.78, 5) is 11.8. The first-order chi connectivity index (χ1) is 11.3. The summed E-state index contributed by atoms with van der Waals surface area (Å²) in [6.07, 6.45) is 1.54. The van der Waals surface area contributed by atoms with Crippen LogP contribution in [0.3, 0.4) is 0 Å². The molecule has 0 atom stereocenters. The Bertz CT molecular complexity index is 879. The number of nitrogens with one attached hydrogen (secondary N) is 2. The molecule has 0 unspecified atom stereocenters. The van der Waals surface area contributed by atoms with Gasteiger partial charge in [0.1, 0.15) is 11.6 Å². The molecule has 1 fully saturated rings. The molecule has 0 aromatic heterocycles. The molecule has 2 aromatic rings. The first kappa shape index (κ1) is 16.5. The van der Waals surface area contributed by atoms with Gasteiger partial charge in [-0.15, -0.1) is 0 Å². The zero-order valence-electron chi connectivity index (χ0n) is 12.4. The number of halogens is 2. The van der Waals surface area contributed by atoms with E-state index in [1.54, 1.807) is 0 Å². The van der Waals surface area contributed by atoms with E-state index in [0.29, 0.717) is 0 Å². The smallest absolute Gasteiger partial charge is 0.255 e. The van der Waals surface area contributed by atoms with Crippen LogP contribution in [-0.2, 0) is 10.0 Å². The summed E-state index contributed by atoms with van der Waals surface area (Å²) >= 11 is 0. The van der Waals surface area contributed by atoms with Gasteiger partial charge >= 0.3 is 0 Å². The zero-order valence-corrected chi connectivity index (χ0v) is 13.2. The van der Waals surface area contributed by atoms with Crippen LogP contribution in [-0.4, -0.2) is 20.4 Å². The number of carbonyl (C=O) groups excluding carboxylic acids is 1. The molecule has 5 nitrogen and oxygen atoms in total. The summed E-state index contributed by atoms with van der Waals surface area (Å²) < 4.78 is 53.4. The van der Waals surface area contributed by atoms with Gasteiger partial charge < -0.3 is 5.32 Å². The molecule has 0 aliphatic heterocycles. The number of sulfonamides is 1. The highest BCUT2D eigenvalue weighted by Crippen LogP contribution is 2.24. The van der Waals surface area contributed by atoms with Gasteiger partial charge in [-0.2, -0.15) is 0 Å². The predicted molar refractivity (Wildman–Crippen MR) is 84.1 cm³/mol. The maximum absolute atomic E-state index is 14.1. The lowest BCUT2D eigenvalue weighted by atomic mass is 10.2. The van der Waals surface area contributed by atoms with E-state index in [2.05, 4.69) is 10.0 Å². The van der Waals surface area contributed by atoms with Crippen LogP contribution in [0.2, 0.25) is 0 Å². The van der Waals surface area contributed by atoms with Crippen molar-refractivity contribution in [2.45, 2.75) is 23.8 Å². The van der Waals surface area contributed by atoms with Crippen molar-refractivity contribution in [2.24, 2.45) is 0 Å². The van der Waals surface area contributed by atoms with Gasteiger partial charge in [0.15, 0.2) is 0 Å². The van der Waals surface area contributed by atoms with E-state index >= 15 is 0 Å². The molecule has 1 aliphatic carbocycles. The topological polar surface area (TPSA) is 75.3 Å². The fraction of sp³-hybridized carbons (Fsp3) is 0.188. The highest BCUT2D eigenvalue weighted by molar-refractivity contribution is 7.89. The van der Waals surface area contributed by atoms with Crippen LogP contribution in [0.1, 0.15) is 23.2 Å². The van der Waals surface area contributed by atoms with Gasteiger partial charge in [0.25, 0.3) is 5.91 Å². The van der Waals surface area contributed by atoms with E-state index in [-0.39, 0.29) is 22.2 Å². The van der Waals surface area contributed by atoms with E-state index < -0.39 is 27.6 Å². The monoisotopic (exact) mass is 352 g/mol. The highest BCUT2D eigenvalue weighted by atomic mass is 32.2. The Morgan fingerprint density at radius 2 is 1.71 bits per heavy atom. The number of anilines is 1. The molecular weight excluding hydrogens is 338 g/mol. The highest BCUT2D eigenvalue weighted by Gasteiger charge is 2.28. The minimum absolute atomic E-state index is 0.0871. The molecular formula is C16H14F2N2O3S. The molecule has 1 amide bonds. The van der Waals surface area contributed by atoms with Crippen LogP contribution in [0.4, 0.5) is 14.5 Å². The van der Waals surface area contributed by atoms with E-state index in [1.807, 2.05) is 0 Å². The molecule has 8 heteroatoms. The van der Waals surface area contributed by atoms with Crippen LogP contribution in [0.15, 0.2) is 47.4 Å². The summed E-state index contributed by atoms with van der Waals surface area (Å²) in [5, 5.41) is 2.33. The third-order valence-electron chi connectivity index (χ3n) is 3.50. The van der Waals surface area contributed by atoms with Gasteiger partial charge in [-0.3, -0.25) is 4.79 Å². The lowest BCUT2D eigenvalue weighted by molar-refractivity contribution is 0.102. The van der Waals surface area contributed by atoms with Crippen molar-refractivity contribution in [3.63, 3.8) is 0 Å². The SMILES string of the molecule is O=C(Nc1ccc(S(=O)(=O)NC2CC2)cc1F)c1ccc(F)cc1. The van der Waals surface area contributed by atoms with Gasteiger partial charge in [0, 0.05) is 11.6 Å². The van der Waals surface area contributed by atoms with E-state index in [1.165, 1.54) is 24.3 Å². The lowest BCUT2D eigenvalue weighted by Gasteiger charge is -2.09. The fourth-order valence-corrected chi connectivity index (χ4v) is 3.37. The standard InChI is InChI=1S/C16H14F2N2O3S/c17-11-3-1-10(2-4-11)16(21)19-15-8-7-13(9-14(15)18)24(22,23)20-12-5-6-12/h1-4,7-9,12,20H,5-6H2,(H,19,21). The van der Waals surface area contributed by atoms with Gasteiger partial charge in [0.2, 0.25) is 10.0 Å². The molecule has 24 heavy (non-hydrogen) atoms. The van der Waals surface area contributed by atoms with Crippen molar-refractivity contribution in [1.82, 2.24) is 4.72 Å². The molecule has 3 rings (SSSR count). The van der Waals surface area contributed by atoms with Crippen LogP contribution < -0.4 is 10.0 Å². The molecule has 126 valence electrons. The van der Waals surface area contributed by atoms with Crippen molar-refractivity contribution in [3.8, 4) is 0 Å². The number of hydrogen-bond donors (Lipinski definition) is 2. The molecule has 0 radical (unpaired) electrons. The van der Waals surface area contributed by atoms with Gasteiger partial charge in [-0.05, 0) is 55.3 Å². The average Bonchev–Trinajstić information content (AvgIpc) is 3.33. The summed E-state index contributed by atoms with van der Waals surface area (Å²) in [6.45, 7) is 0. The number of rotatable bonds is 5. The molecule has 1 aliphatic rings. The summed E-state index contributed by atoms with van der Waals surface area (Å²) in [5.41, 5.74) is -0.00223. The Labute approximate surface area is 137 Å². The number of carbonyl (C=O) groups is 1. The van der Waals surface area contributed by atoms with Crippen LogP contribution in [0.5, 0.6) is 0 Å². The van der Waals surface area contributed by atoms with Crippen LogP contribution in [0.25, 0.3) is 0 Å². The van der Waals surface area contributed by atoms with Gasteiger partial charge in [-0.25, -0.2) is 21.9 Å². The van der Waals surface area contributed by atoms with Crippen molar-refractivity contribution in [3.05, 3.63) is 59.7 Å². The minimum Gasteiger partial charge on any atom is -0.319 e. The third-order valence-corrected chi connectivity index (χ3v) is 5.02. The molecule has 1 saturated carbocycles. The summed E-state index contributed by atoms with van der Waals surface area (Å²) in [7, 11) is -3.77. The van der Waals surface area contributed by atoms with Gasteiger partial charge in [0.05, 0.1) is 10.6 Å². The molecule has 0 heterocycles. The number of amides is 1. The summed E-state index contributed by atoms with van der Waals surface area (Å²) in [5.74, 6) is -1.99. The Morgan fingerprint density at radius 3 is 2.29 bits per heavy atom. The fourth-order valence-electron chi connectivity index (χ4n) is 2.05. The molecule has 0 bridgehead atoms. The first-order valence-corrected chi connectivity index (χ1v) is 8.72. The van der Waals surface area contributed by atoms with E-state index in [4.69, 9.17) is 0 Å². The third kappa shape index (κ3) is 3.77. The predicted octanol–water partition coefficient (Wildman–Crippen LogP) is 2.66. The van der Waals surface area contributed by atoms with Crippen molar-refractivity contribution in [1.29, 1.82) is 0 Å². The summed E-state index contributed by atoms with van der Waals surface area (Å²) in [6, 6.07) is 7.92. The largest absolute Gasteiger partial charge is 0.319 e. The first-order valence-electron chi connectivity index (χ1n) is 7.24. The lowest BCUT2D eigenvalue weighted by Crippen LogP contribution is -2.25. The normalized spacial score (nSPS) is 14.4. The van der Waals surface area contributed by atoms with E-state index in [9.17, 15) is 22.0 Å². The second-order valence-electron chi connectivity index (χ2n) is 5.50. The second-order valence-corrected chi connectivity index (χ2v) is 7.21. The Morgan fingerprint density at radius 1 is 1.04 bits per heavy atom. The quantitative estimate of drug-likeness (QED) is 0.869. The minimum atomic E-state index is -3.77. The Kier molecular flexibility index (Phi) is 4.33. The number of hydrogen-bond acceptors (Lipinski definition) is 3. The van der Waals surface area contributed by atoms with Crippen LogP contribution >= 0.6 is 0 Å². The molecule has 0 spiro atoms. The number of benzene rings is 2. The maximum atomic E-state index is 14.1. The van der Waals surface area contributed by atoms with Gasteiger partial charge in [-0.1, -0.05) is 0 Å². The van der Waals surface area contributed by atoms with Crippen molar-refractivity contribution >= 4 is 21.6 Å². The van der Waals surface area contributed by atoms with E-state index in [0.717, 1.165) is 31.0 Å². The van der Waals surface area contributed by atoms with Crippen molar-refractivity contribution in [2.75, 3.05) is 5.32 Å². The van der Waals surface area contributed by atoms with Crippen molar-refractivity contribution < 1.29 is 22.0 Å².